The van der Waals surface area contributed by atoms with E-state index in [1.807, 2.05) is 0 Å². The third kappa shape index (κ3) is 5.95. The van der Waals surface area contributed by atoms with Gasteiger partial charge in [-0.25, -0.2) is 0 Å². The first-order chi connectivity index (χ1) is 7.33. The molecule has 4 N–H and O–H groups in total. The minimum absolute atomic E-state index is 0.720. The van der Waals surface area contributed by atoms with Gasteiger partial charge in [-0.15, -0.1) is 0 Å². The van der Waals surface area contributed by atoms with Gasteiger partial charge in [0, 0.05) is 13.1 Å². The molecule has 0 unspecified atom stereocenters. The van der Waals surface area contributed by atoms with E-state index in [4.69, 9.17) is 18.0 Å². The van der Waals surface area contributed by atoms with E-state index in [0.717, 1.165) is 37.1 Å². The smallest absolute Gasteiger partial charge is 0.166 e. The maximum absolute atomic E-state index is 5.40. The van der Waals surface area contributed by atoms with Crippen molar-refractivity contribution in [2.45, 2.75) is 38.5 Å². The van der Waals surface area contributed by atoms with Crippen molar-refractivity contribution in [3.05, 3.63) is 0 Å². The second kappa shape index (κ2) is 7.88. The molecule has 0 radical (unpaired) electrons. The Morgan fingerprint density at radius 3 is 2.60 bits per heavy atom. The Morgan fingerprint density at radius 2 is 1.93 bits per heavy atom. The SMILES string of the molecule is NCCCNC(=S)NCC1CCCCC1. The summed E-state index contributed by atoms with van der Waals surface area (Å²) in [6.45, 7) is 2.64. The van der Waals surface area contributed by atoms with Crippen LogP contribution in [0.15, 0.2) is 0 Å². The summed E-state index contributed by atoms with van der Waals surface area (Å²) in [6, 6.07) is 0. The number of thiocarbonyl (C=S) groups is 1. The van der Waals surface area contributed by atoms with E-state index in [-0.39, 0.29) is 0 Å². The van der Waals surface area contributed by atoms with Crippen LogP contribution in [0.3, 0.4) is 0 Å². The summed E-state index contributed by atoms with van der Waals surface area (Å²) in [5.74, 6) is 0.827. The van der Waals surface area contributed by atoms with E-state index in [2.05, 4.69) is 10.6 Å². The molecule has 0 atom stereocenters. The van der Waals surface area contributed by atoms with Crippen LogP contribution < -0.4 is 16.4 Å². The molecule has 0 aliphatic heterocycles. The maximum atomic E-state index is 5.40. The molecule has 0 amide bonds. The highest BCUT2D eigenvalue weighted by Crippen LogP contribution is 2.22. The lowest BCUT2D eigenvalue weighted by atomic mass is 9.89. The summed E-state index contributed by atoms with van der Waals surface area (Å²) in [7, 11) is 0. The summed E-state index contributed by atoms with van der Waals surface area (Å²) < 4.78 is 0. The quantitative estimate of drug-likeness (QED) is 0.492. The minimum atomic E-state index is 0.720. The average Bonchev–Trinajstić information content (AvgIpc) is 2.28. The largest absolute Gasteiger partial charge is 0.363 e. The summed E-state index contributed by atoms with van der Waals surface area (Å²) in [5.41, 5.74) is 5.40. The first kappa shape index (κ1) is 12.7. The Bertz CT molecular complexity index is 179. The van der Waals surface area contributed by atoms with Gasteiger partial charge >= 0.3 is 0 Å². The molecule has 1 aliphatic rings. The average molecular weight is 229 g/mol. The third-order valence-electron chi connectivity index (χ3n) is 2.94. The second-order valence-electron chi connectivity index (χ2n) is 4.28. The predicted octanol–water partition coefficient (Wildman–Crippen LogP) is 1.38. The van der Waals surface area contributed by atoms with Crippen LogP contribution in [0.25, 0.3) is 0 Å². The Kier molecular flexibility index (Phi) is 6.68. The van der Waals surface area contributed by atoms with E-state index in [1.54, 1.807) is 0 Å². The maximum Gasteiger partial charge on any atom is 0.166 e. The molecule has 15 heavy (non-hydrogen) atoms. The number of rotatable bonds is 5. The zero-order valence-corrected chi connectivity index (χ0v) is 10.2. The van der Waals surface area contributed by atoms with Crippen LogP contribution in [0.5, 0.6) is 0 Å². The number of nitrogens with two attached hydrogens (primary N) is 1. The van der Waals surface area contributed by atoms with Gasteiger partial charge in [-0.05, 0) is 43.9 Å². The van der Waals surface area contributed by atoms with Gasteiger partial charge in [0.2, 0.25) is 0 Å². The molecule has 1 aliphatic carbocycles. The predicted molar refractivity (Wildman–Crippen MR) is 68.8 cm³/mol. The summed E-state index contributed by atoms with van der Waals surface area (Å²) in [5, 5.41) is 7.24. The first-order valence-corrected chi connectivity index (χ1v) is 6.45. The van der Waals surface area contributed by atoms with Crippen LogP contribution in [0.1, 0.15) is 38.5 Å². The van der Waals surface area contributed by atoms with Gasteiger partial charge in [0.15, 0.2) is 5.11 Å². The topological polar surface area (TPSA) is 50.1 Å². The Labute approximate surface area is 98.2 Å². The van der Waals surface area contributed by atoms with Crippen LogP contribution in [0, 0.1) is 5.92 Å². The molecular weight excluding hydrogens is 206 g/mol. The molecule has 1 fully saturated rings. The molecule has 0 saturated heterocycles. The minimum Gasteiger partial charge on any atom is -0.363 e. The van der Waals surface area contributed by atoms with Crippen molar-refractivity contribution in [3.63, 3.8) is 0 Å². The van der Waals surface area contributed by atoms with Crippen LogP contribution in [0.4, 0.5) is 0 Å². The van der Waals surface area contributed by atoms with Crippen LogP contribution in [-0.2, 0) is 0 Å². The van der Waals surface area contributed by atoms with E-state index in [0.29, 0.717) is 0 Å². The highest BCUT2D eigenvalue weighted by molar-refractivity contribution is 7.80. The zero-order chi connectivity index (χ0) is 10.9. The van der Waals surface area contributed by atoms with Crippen molar-refractivity contribution in [3.8, 4) is 0 Å². The molecule has 0 aromatic carbocycles. The van der Waals surface area contributed by atoms with Crippen LogP contribution >= 0.6 is 12.2 Å². The van der Waals surface area contributed by atoms with Crippen molar-refractivity contribution in [1.82, 2.24) is 10.6 Å². The number of hydrogen-bond donors (Lipinski definition) is 3. The first-order valence-electron chi connectivity index (χ1n) is 6.04. The molecule has 1 rings (SSSR count). The second-order valence-corrected chi connectivity index (χ2v) is 4.69. The lowest BCUT2D eigenvalue weighted by molar-refractivity contribution is 0.356. The molecule has 0 aromatic rings. The van der Waals surface area contributed by atoms with Gasteiger partial charge in [-0.1, -0.05) is 19.3 Å². The fourth-order valence-corrected chi connectivity index (χ4v) is 2.18. The molecule has 1 saturated carbocycles. The normalized spacial score (nSPS) is 17.4. The van der Waals surface area contributed by atoms with Crippen molar-refractivity contribution >= 4 is 17.3 Å². The highest BCUT2D eigenvalue weighted by Gasteiger charge is 2.12. The molecular formula is C11H23N3S. The lowest BCUT2D eigenvalue weighted by Gasteiger charge is -2.22. The number of nitrogens with one attached hydrogen (secondary N) is 2. The summed E-state index contributed by atoms with van der Waals surface area (Å²) in [4.78, 5) is 0. The molecule has 4 heteroatoms. The van der Waals surface area contributed by atoms with E-state index >= 15 is 0 Å². The summed E-state index contributed by atoms with van der Waals surface area (Å²) in [6.07, 6.45) is 7.89. The standard InChI is InChI=1S/C11H23N3S/c12-7-4-8-13-11(15)14-9-10-5-2-1-3-6-10/h10H,1-9,12H2,(H2,13,14,15). The van der Waals surface area contributed by atoms with Crippen molar-refractivity contribution in [1.29, 1.82) is 0 Å². The van der Waals surface area contributed by atoms with Crippen LogP contribution in [0.2, 0.25) is 0 Å². The number of hydrogen-bond acceptors (Lipinski definition) is 2. The van der Waals surface area contributed by atoms with E-state index in [1.165, 1.54) is 32.1 Å². The van der Waals surface area contributed by atoms with Gasteiger partial charge in [0.05, 0.1) is 0 Å². The van der Waals surface area contributed by atoms with E-state index < -0.39 is 0 Å². The van der Waals surface area contributed by atoms with E-state index in [9.17, 15) is 0 Å². The Morgan fingerprint density at radius 1 is 1.20 bits per heavy atom. The van der Waals surface area contributed by atoms with Gasteiger partial charge < -0.3 is 16.4 Å². The third-order valence-corrected chi connectivity index (χ3v) is 3.23. The summed E-state index contributed by atoms with van der Waals surface area (Å²) >= 11 is 5.17. The molecule has 0 heterocycles. The fraction of sp³-hybridized carbons (Fsp3) is 0.909. The highest BCUT2D eigenvalue weighted by atomic mass is 32.1. The van der Waals surface area contributed by atoms with Gasteiger partial charge in [-0.3, -0.25) is 0 Å². The fourth-order valence-electron chi connectivity index (χ4n) is 1.99. The molecule has 0 aromatic heterocycles. The Hall–Kier alpha value is -0.350. The zero-order valence-electron chi connectivity index (χ0n) is 9.43. The Balaban J connectivity index is 2.00. The molecule has 3 nitrogen and oxygen atoms in total. The monoisotopic (exact) mass is 229 g/mol. The van der Waals surface area contributed by atoms with Gasteiger partial charge in [0.25, 0.3) is 0 Å². The van der Waals surface area contributed by atoms with Gasteiger partial charge in [0.1, 0.15) is 0 Å². The van der Waals surface area contributed by atoms with Crippen molar-refractivity contribution in [2.24, 2.45) is 11.7 Å². The van der Waals surface area contributed by atoms with Crippen LogP contribution in [-0.4, -0.2) is 24.7 Å². The van der Waals surface area contributed by atoms with Crippen molar-refractivity contribution < 1.29 is 0 Å². The lowest BCUT2D eigenvalue weighted by Crippen LogP contribution is -2.39. The van der Waals surface area contributed by atoms with Gasteiger partial charge in [-0.2, -0.15) is 0 Å². The molecule has 0 bridgehead atoms. The van der Waals surface area contributed by atoms with Crippen molar-refractivity contribution in [2.75, 3.05) is 19.6 Å². The molecule has 0 spiro atoms. The molecule has 88 valence electrons.